The van der Waals surface area contributed by atoms with E-state index in [1.165, 1.54) is 0 Å². The minimum absolute atomic E-state index is 0.0557. The van der Waals surface area contributed by atoms with Crippen molar-refractivity contribution in [3.63, 3.8) is 0 Å². The van der Waals surface area contributed by atoms with Crippen LogP contribution in [0.25, 0.3) is 10.9 Å². The summed E-state index contributed by atoms with van der Waals surface area (Å²) in [5.74, 6) is 0.0557. The lowest BCUT2D eigenvalue weighted by Crippen LogP contribution is -2.04. The lowest BCUT2D eigenvalue weighted by atomic mass is 10.2. The third kappa shape index (κ3) is 3.25. The molecule has 3 aromatic rings. The van der Waals surface area contributed by atoms with Gasteiger partial charge in [-0.2, -0.15) is 0 Å². The zero-order valence-corrected chi connectivity index (χ0v) is 14.6. The second-order valence-electron chi connectivity index (χ2n) is 4.89. The molecule has 5 nitrogen and oxygen atoms in total. The normalized spacial score (nSPS) is 11.2. The van der Waals surface area contributed by atoms with Gasteiger partial charge in [0.15, 0.2) is 5.69 Å². The zero-order chi connectivity index (χ0) is 16.4. The van der Waals surface area contributed by atoms with Crippen LogP contribution < -0.4 is 5.32 Å². The molecule has 0 amide bonds. The first-order valence-corrected chi connectivity index (χ1v) is 8.01. The summed E-state index contributed by atoms with van der Waals surface area (Å²) in [5.41, 5.74) is 2.09. The Morgan fingerprint density at radius 3 is 2.78 bits per heavy atom. The molecule has 23 heavy (non-hydrogen) atoms. The fraction of sp³-hybridized carbons (Fsp3) is 0.0625. The molecule has 0 fully saturated rings. The van der Waals surface area contributed by atoms with Crippen molar-refractivity contribution in [2.24, 2.45) is 17.3 Å². The molecular weight excluding hydrogens is 376 g/mol. The molecule has 0 radical (unpaired) electrons. The van der Waals surface area contributed by atoms with E-state index in [-0.39, 0.29) is 11.0 Å². The Labute approximate surface area is 146 Å². The molecule has 0 aliphatic rings. The number of azo groups is 1. The van der Waals surface area contributed by atoms with Crippen LogP contribution >= 0.6 is 28.1 Å². The van der Waals surface area contributed by atoms with Gasteiger partial charge in [0.2, 0.25) is 11.0 Å². The largest absolute Gasteiger partial charge is 0.493 e. The molecule has 3 rings (SSSR count). The molecule has 1 aromatic heterocycles. The number of nitrogens with one attached hydrogen (secondary N) is 1. The minimum Gasteiger partial charge on any atom is -0.493 e. The molecule has 0 aliphatic heterocycles. The second-order valence-corrected chi connectivity index (χ2v) is 6.19. The molecule has 1 heterocycles. The van der Waals surface area contributed by atoms with Gasteiger partial charge < -0.3 is 15.0 Å². The van der Waals surface area contributed by atoms with Crippen LogP contribution in [0.15, 0.2) is 63.2 Å². The number of aromatic nitrogens is 1. The average Bonchev–Trinajstić information content (AvgIpc) is 2.77. The van der Waals surface area contributed by atoms with Crippen molar-refractivity contribution in [3.05, 3.63) is 53.0 Å². The molecule has 0 unspecified atom stereocenters. The number of anilines is 1. The van der Waals surface area contributed by atoms with Crippen LogP contribution in [-0.4, -0.2) is 14.8 Å². The molecule has 0 aliphatic carbocycles. The Hall–Kier alpha value is -2.25. The van der Waals surface area contributed by atoms with Crippen LogP contribution in [0, 0.1) is 0 Å². The summed E-state index contributed by atoms with van der Waals surface area (Å²) >= 11 is 8.57. The van der Waals surface area contributed by atoms with E-state index < -0.39 is 0 Å². The van der Waals surface area contributed by atoms with Gasteiger partial charge in [-0.1, -0.05) is 40.2 Å². The van der Waals surface area contributed by atoms with Crippen LogP contribution in [0.3, 0.4) is 0 Å². The van der Waals surface area contributed by atoms with Crippen LogP contribution in [-0.2, 0) is 7.05 Å². The molecule has 0 atom stereocenters. The number of hydrogen-bond acceptors (Lipinski definition) is 3. The maximum atomic E-state index is 10.2. The van der Waals surface area contributed by atoms with Gasteiger partial charge in [0.25, 0.3) is 0 Å². The summed E-state index contributed by atoms with van der Waals surface area (Å²) in [7, 11) is 1.77. The third-order valence-electron chi connectivity index (χ3n) is 3.37. The average molecular weight is 389 g/mol. The number of thiocarbonyl (C=S) groups is 1. The van der Waals surface area contributed by atoms with Gasteiger partial charge in [0.1, 0.15) is 0 Å². The lowest BCUT2D eigenvalue weighted by molar-refractivity contribution is 0.436. The Bertz CT molecular complexity index is 920. The third-order valence-corrected chi connectivity index (χ3v) is 4.04. The first-order valence-electron chi connectivity index (χ1n) is 6.81. The van der Waals surface area contributed by atoms with Crippen molar-refractivity contribution in [2.75, 3.05) is 5.32 Å². The smallest absolute Gasteiger partial charge is 0.220 e. The van der Waals surface area contributed by atoms with Gasteiger partial charge >= 0.3 is 0 Å². The van der Waals surface area contributed by atoms with Gasteiger partial charge in [0, 0.05) is 22.6 Å². The van der Waals surface area contributed by atoms with E-state index >= 15 is 0 Å². The molecule has 7 heteroatoms. The standard InChI is InChI=1S/C16H13BrN4OS/c1-21-13-8-3-2-7-12(13)14(15(21)22)19-20-16(23)18-11-6-4-5-10(17)9-11/h2-9,22H,1H3,(H,18,23). The molecular formula is C16H13BrN4OS. The van der Waals surface area contributed by atoms with Crippen LogP contribution in [0.2, 0.25) is 0 Å². The summed E-state index contributed by atoms with van der Waals surface area (Å²) in [4.78, 5) is 0. The minimum atomic E-state index is 0.0557. The van der Waals surface area contributed by atoms with Gasteiger partial charge in [-0.15, -0.1) is 10.2 Å². The van der Waals surface area contributed by atoms with Crippen molar-refractivity contribution < 1.29 is 5.11 Å². The maximum absolute atomic E-state index is 10.2. The molecule has 0 bridgehead atoms. The highest BCUT2D eigenvalue weighted by molar-refractivity contribution is 9.10. The van der Waals surface area contributed by atoms with Gasteiger partial charge in [-0.25, -0.2) is 0 Å². The summed E-state index contributed by atoms with van der Waals surface area (Å²) < 4.78 is 2.60. The molecule has 2 aromatic carbocycles. The highest BCUT2D eigenvalue weighted by Crippen LogP contribution is 2.37. The first-order chi connectivity index (χ1) is 11.1. The number of aromatic hydroxyl groups is 1. The Morgan fingerprint density at radius 1 is 1.22 bits per heavy atom. The van der Waals surface area contributed by atoms with Crippen LogP contribution in [0.5, 0.6) is 5.88 Å². The SMILES string of the molecule is Cn1c(O)c(N=NC(=S)Nc2cccc(Br)c2)c2ccccc21. The van der Waals surface area contributed by atoms with E-state index in [4.69, 9.17) is 12.2 Å². The molecule has 0 spiro atoms. The molecule has 116 valence electrons. The first kappa shape index (κ1) is 15.6. The van der Waals surface area contributed by atoms with E-state index in [9.17, 15) is 5.11 Å². The molecule has 2 N–H and O–H groups in total. The van der Waals surface area contributed by atoms with E-state index in [1.807, 2.05) is 48.5 Å². The van der Waals surface area contributed by atoms with E-state index in [0.717, 1.165) is 21.1 Å². The highest BCUT2D eigenvalue weighted by atomic mass is 79.9. The van der Waals surface area contributed by atoms with E-state index in [2.05, 4.69) is 31.5 Å². The van der Waals surface area contributed by atoms with E-state index in [0.29, 0.717) is 5.69 Å². The number of para-hydroxylation sites is 1. The van der Waals surface area contributed by atoms with Crippen LogP contribution in [0.4, 0.5) is 11.4 Å². The number of rotatable bonds is 2. The van der Waals surface area contributed by atoms with Crippen molar-refractivity contribution in [1.29, 1.82) is 0 Å². The Kier molecular flexibility index (Phi) is 4.40. The van der Waals surface area contributed by atoms with Gasteiger partial charge in [-0.05, 0) is 36.5 Å². The predicted molar refractivity (Wildman–Crippen MR) is 99.5 cm³/mol. The number of nitrogens with zero attached hydrogens (tertiary/aromatic N) is 3. The molecule has 0 saturated heterocycles. The quantitative estimate of drug-likeness (QED) is 0.472. The number of halogens is 1. The lowest BCUT2D eigenvalue weighted by Gasteiger charge is -2.03. The van der Waals surface area contributed by atoms with Crippen molar-refractivity contribution in [1.82, 2.24) is 4.57 Å². The fourth-order valence-corrected chi connectivity index (χ4v) is 2.83. The molecule has 0 saturated carbocycles. The van der Waals surface area contributed by atoms with Gasteiger partial charge in [0.05, 0.1) is 5.52 Å². The monoisotopic (exact) mass is 388 g/mol. The summed E-state index contributed by atoms with van der Waals surface area (Å²) in [6, 6.07) is 15.2. The Morgan fingerprint density at radius 2 is 2.00 bits per heavy atom. The number of hydrogen-bond donors (Lipinski definition) is 2. The number of benzene rings is 2. The number of fused-ring (bicyclic) bond motifs is 1. The fourth-order valence-electron chi connectivity index (χ4n) is 2.27. The van der Waals surface area contributed by atoms with E-state index in [1.54, 1.807) is 11.6 Å². The zero-order valence-electron chi connectivity index (χ0n) is 12.2. The van der Waals surface area contributed by atoms with Crippen molar-refractivity contribution in [2.45, 2.75) is 0 Å². The maximum Gasteiger partial charge on any atom is 0.220 e. The van der Waals surface area contributed by atoms with Gasteiger partial charge in [-0.3, -0.25) is 0 Å². The summed E-state index contributed by atoms with van der Waals surface area (Å²) in [6.45, 7) is 0. The Balaban J connectivity index is 1.85. The second kappa shape index (κ2) is 6.47. The van der Waals surface area contributed by atoms with Crippen molar-refractivity contribution >= 4 is 55.5 Å². The van der Waals surface area contributed by atoms with Crippen LogP contribution in [0.1, 0.15) is 0 Å². The number of aryl methyl sites for hydroxylation is 1. The highest BCUT2D eigenvalue weighted by Gasteiger charge is 2.13. The summed E-state index contributed by atoms with van der Waals surface area (Å²) in [6.07, 6.45) is 0. The van der Waals surface area contributed by atoms with Crippen molar-refractivity contribution in [3.8, 4) is 5.88 Å². The summed E-state index contributed by atoms with van der Waals surface area (Å²) in [5, 5.41) is 22.3. The topological polar surface area (TPSA) is 61.9 Å². The predicted octanol–water partition coefficient (Wildman–Crippen LogP) is 5.13.